The molecule has 2 aromatic rings. The molecule has 0 amide bonds. The van der Waals surface area contributed by atoms with E-state index in [0.717, 1.165) is 44.6 Å². The maximum atomic E-state index is 9.19. The first-order valence-electron chi connectivity index (χ1n) is 6.86. The Morgan fingerprint density at radius 2 is 1.86 bits per heavy atom. The summed E-state index contributed by atoms with van der Waals surface area (Å²) in [6, 6.07) is 5.79. The number of ether oxygens (including phenoxy) is 1. The van der Waals surface area contributed by atoms with Crippen molar-refractivity contribution in [3.8, 4) is 5.75 Å². The fourth-order valence-corrected chi connectivity index (χ4v) is 3.58. The van der Waals surface area contributed by atoms with Gasteiger partial charge in [-0.05, 0) is 69.0 Å². The molecular weight excluding hydrogens is 400 g/mol. The van der Waals surface area contributed by atoms with Crippen LogP contribution in [0.4, 0.5) is 0 Å². The predicted octanol–water partition coefficient (Wildman–Crippen LogP) is 4.06. The van der Waals surface area contributed by atoms with E-state index >= 15 is 0 Å². The first-order chi connectivity index (χ1) is 10.1. The second-order valence-corrected chi connectivity index (χ2v) is 6.34. The maximum absolute atomic E-state index is 9.19. The van der Waals surface area contributed by atoms with Crippen LogP contribution in [0.25, 0.3) is 0 Å². The molecule has 1 aromatic carbocycles. The van der Waals surface area contributed by atoms with E-state index < -0.39 is 0 Å². The van der Waals surface area contributed by atoms with Crippen LogP contribution in [0.3, 0.4) is 0 Å². The third-order valence-corrected chi connectivity index (χ3v) is 4.36. The summed E-state index contributed by atoms with van der Waals surface area (Å²) in [5.74, 6) is 0.731. The Morgan fingerprint density at radius 3 is 2.38 bits per heavy atom. The average molecular weight is 418 g/mol. The van der Waals surface area contributed by atoms with E-state index in [1.54, 1.807) is 0 Å². The summed E-state index contributed by atoms with van der Waals surface area (Å²) < 4.78 is 9.52. The summed E-state index contributed by atoms with van der Waals surface area (Å²) in [6.07, 6.45) is 0.915. The quantitative estimate of drug-likeness (QED) is 0.770. The minimum Gasteiger partial charge on any atom is -0.485 e. The van der Waals surface area contributed by atoms with Gasteiger partial charge in [-0.15, -0.1) is 0 Å². The van der Waals surface area contributed by atoms with Crippen LogP contribution in [0.15, 0.2) is 27.1 Å². The molecule has 0 radical (unpaired) electrons. The molecule has 0 saturated heterocycles. The van der Waals surface area contributed by atoms with E-state index in [9.17, 15) is 5.11 Å². The highest BCUT2D eigenvalue weighted by atomic mass is 79.9. The maximum Gasteiger partial charge on any atom is 0.148 e. The van der Waals surface area contributed by atoms with Gasteiger partial charge < -0.3 is 9.84 Å². The monoisotopic (exact) mass is 416 g/mol. The predicted molar refractivity (Wildman–Crippen MR) is 89.4 cm³/mol. The van der Waals surface area contributed by atoms with Gasteiger partial charge in [-0.3, -0.25) is 4.68 Å². The van der Waals surface area contributed by atoms with Crippen LogP contribution in [0.1, 0.15) is 30.8 Å². The standard InChI is InChI=1S/C15H18Br2N2O2/c1-3-11-7-12(19(4-2)18-11)9-21-15-13(16)5-10(8-20)6-14(15)17/h5-7,20H,3-4,8-9H2,1-2H3. The van der Waals surface area contributed by atoms with Crippen molar-refractivity contribution in [2.45, 2.75) is 40.0 Å². The summed E-state index contributed by atoms with van der Waals surface area (Å²) in [5.41, 5.74) is 2.96. The Bertz CT molecular complexity index is 603. The fraction of sp³-hybridized carbons (Fsp3) is 0.400. The van der Waals surface area contributed by atoms with Crippen molar-refractivity contribution in [3.05, 3.63) is 44.1 Å². The Morgan fingerprint density at radius 1 is 1.19 bits per heavy atom. The van der Waals surface area contributed by atoms with Crippen molar-refractivity contribution in [1.29, 1.82) is 0 Å². The number of benzene rings is 1. The van der Waals surface area contributed by atoms with Gasteiger partial charge in [0.1, 0.15) is 12.4 Å². The molecule has 0 aliphatic heterocycles. The fourth-order valence-electron chi connectivity index (χ4n) is 2.07. The van der Waals surface area contributed by atoms with Crippen molar-refractivity contribution in [2.75, 3.05) is 0 Å². The van der Waals surface area contributed by atoms with Gasteiger partial charge in [0.05, 0.1) is 26.9 Å². The molecule has 21 heavy (non-hydrogen) atoms. The lowest BCUT2D eigenvalue weighted by molar-refractivity contribution is 0.278. The molecular formula is C15H18Br2N2O2. The van der Waals surface area contributed by atoms with Crippen molar-refractivity contribution < 1.29 is 9.84 Å². The molecule has 0 bridgehead atoms. The molecule has 0 atom stereocenters. The number of aromatic nitrogens is 2. The van der Waals surface area contributed by atoms with Crippen molar-refractivity contribution in [2.24, 2.45) is 0 Å². The minimum absolute atomic E-state index is 0.0000543. The van der Waals surface area contributed by atoms with E-state index in [4.69, 9.17) is 4.74 Å². The van der Waals surface area contributed by atoms with Crippen LogP contribution in [-0.4, -0.2) is 14.9 Å². The van der Waals surface area contributed by atoms with Crippen LogP contribution in [-0.2, 0) is 26.2 Å². The number of halogens is 2. The van der Waals surface area contributed by atoms with Gasteiger partial charge in [0.15, 0.2) is 0 Å². The van der Waals surface area contributed by atoms with Crippen LogP contribution < -0.4 is 4.74 Å². The molecule has 1 heterocycles. The van der Waals surface area contributed by atoms with Crippen LogP contribution in [0.2, 0.25) is 0 Å². The second kappa shape index (κ2) is 7.42. The third kappa shape index (κ3) is 3.87. The van der Waals surface area contributed by atoms with E-state index in [1.807, 2.05) is 16.8 Å². The number of nitrogens with zero attached hydrogens (tertiary/aromatic N) is 2. The van der Waals surface area contributed by atoms with Gasteiger partial charge in [-0.2, -0.15) is 5.10 Å². The van der Waals surface area contributed by atoms with Crippen LogP contribution >= 0.6 is 31.9 Å². The number of hydrogen-bond acceptors (Lipinski definition) is 3. The van der Waals surface area contributed by atoms with Crippen molar-refractivity contribution in [1.82, 2.24) is 9.78 Å². The number of aryl methyl sites for hydroxylation is 2. The molecule has 6 heteroatoms. The summed E-state index contributed by atoms with van der Waals surface area (Å²) in [7, 11) is 0. The molecule has 0 fully saturated rings. The van der Waals surface area contributed by atoms with Gasteiger partial charge in [-0.1, -0.05) is 6.92 Å². The Hall–Kier alpha value is -0.850. The first kappa shape index (κ1) is 16.5. The summed E-state index contributed by atoms with van der Waals surface area (Å²) in [5, 5.41) is 13.7. The molecule has 0 aliphatic rings. The second-order valence-electron chi connectivity index (χ2n) is 4.63. The summed E-state index contributed by atoms with van der Waals surface area (Å²) in [6.45, 7) is 5.44. The zero-order chi connectivity index (χ0) is 15.4. The van der Waals surface area contributed by atoms with Crippen molar-refractivity contribution >= 4 is 31.9 Å². The van der Waals surface area contributed by atoms with Crippen LogP contribution in [0.5, 0.6) is 5.75 Å². The minimum atomic E-state index is -0.0000543. The van der Waals surface area contributed by atoms with Gasteiger partial charge in [-0.25, -0.2) is 0 Å². The molecule has 1 aromatic heterocycles. The van der Waals surface area contributed by atoms with E-state index in [2.05, 4.69) is 56.9 Å². The number of aliphatic hydroxyl groups excluding tert-OH is 1. The summed E-state index contributed by atoms with van der Waals surface area (Å²) in [4.78, 5) is 0. The van der Waals surface area contributed by atoms with Crippen molar-refractivity contribution in [3.63, 3.8) is 0 Å². The van der Waals surface area contributed by atoms with E-state index in [1.165, 1.54) is 0 Å². The summed E-state index contributed by atoms with van der Waals surface area (Å²) >= 11 is 6.96. The van der Waals surface area contributed by atoms with Crippen LogP contribution in [0, 0.1) is 0 Å². The highest BCUT2D eigenvalue weighted by Crippen LogP contribution is 2.35. The molecule has 0 unspecified atom stereocenters. The largest absolute Gasteiger partial charge is 0.485 e. The molecule has 1 N–H and O–H groups in total. The topological polar surface area (TPSA) is 47.3 Å². The number of aliphatic hydroxyl groups is 1. The Balaban J connectivity index is 2.18. The van der Waals surface area contributed by atoms with E-state index in [0.29, 0.717) is 6.61 Å². The highest BCUT2D eigenvalue weighted by Gasteiger charge is 2.11. The average Bonchev–Trinajstić information content (AvgIpc) is 2.88. The lowest BCUT2D eigenvalue weighted by Gasteiger charge is -2.12. The molecule has 0 aliphatic carbocycles. The SMILES string of the molecule is CCc1cc(COc2c(Br)cc(CO)cc2Br)n(CC)n1. The lowest BCUT2D eigenvalue weighted by atomic mass is 10.2. The molecule has 0 saturated carbocycles. The van der Waals surface area contributed by atoms with E-state index in [-0.39, 0.29) is 6.61 Å². The lowest BCUT2D eigenvalue weighted by Crippen LogP contribution is -2.06. The highest BCUT2D eigenvalue weighted by molar-refractivity contribution is 9.11. The Labute approximate surface area is 141 Å². The number of rotatable bonds is 6. The molecule has 2 rings (SSSR count). The zero-order valence-electron chi connectivity index (χ0n) is 12.1. The normalized spacial score (nSPS) is 10.9. The zero-order valence-corrected chi connectivity index (χ0v) is 15.2. The van der Waals surface area contributed by atoms with Gasteiger partial charge >= 0.3 is 0 Å². The molecule has 0 spiro atoms. The van der Waals surface area contributed by atoms with Gasteiger partial charge in [0.2, 0.25) is 0 Å². The number of hydrogen-bond donors (Lipinski definition) is 1. The third-order valence-electron chi connectivity index (χ3n) is 3.18. The Kier molecular flexibility index (Phi) is 5.84. The van der Waals surface area contributed by atoms with Gasteiger partial charge in [0.25, 0.3) is 0 Å². The molecule has 4 nitrogen and oxygen atoms in total. The molecule has 114 valence electrons. The van der Waals surface area contributed by atoms with Gasteiger partial charge in [0, 0.05) is 6.54 Å². The smallest absolute Gasteiger partial charge is 0.148 e. The first-order valence-corrected chi connectivity index (χ1v) is 8.44.